The molecule has 1 N–H and O–H groups in total. The number of nitrogens with zero attached hydrogens (tertiary/aromatic N) is 2. The highest BCUT2D eigenvalue weighted by Gasteiger charge is 2.18. The van der Waals surface area contributed by atoms with E-state index >= 15 is 0 Å². The fourth-order valence-corrected chi connectivity index (χ4v) is 3.04. The van der Waals surface area contributed by atoms with Crippen molar-refractivity contribution in [3.8, 4) is 22.8 Å². The highest BCUT2D eigenvalue weighted by molar-refractivity contribution is 6.30. The number of hydrogen-bond acceptors (Lipinski definition) is 5. The zero-order chi connectivity index (χ0) is 21.1. The van der Waals surface area contributed by atoms with Crippen molar-refractivity contribution in [2.75, 3.05) is 5.32 Å². The summed E-state index contributed by atoms with van der Waals surface area (Å²) in [4.78, 5) is 27.6. The van der Waals surface area contributed by atoms with Crippen molar-refractivity contribution < 1.29 is 14.1 Å². The minimum absolute atomic E-state index is 0.110. The van der Waals surface area contributed by atoms with E-state index in [0.29, 0.717) is 27.6 Å². The molecule has 0 aliphatic carbocycles. The van der Waals surface area contributed by atoms with Gasteiger partial charge in [-0.25, -0.2) is 4.98 Å². The molecule has 0 saturated heterocycles. The number of nitro groups is 1. The summed E-state index contributed by atoms with van der Waals surface area (Å²) >= 11 is 5.92. The van der Waals surface area contributed by atoms with E-state index in [1.54, 1.807) is 48.7 Å². The van der Waals surface area contributed by atoms with Gasteiger partial charge in [-0.3, -0.25) is 14.9 Å². The Morgan fingerprint density at radius 1 is 1.03 bits per heavy atom. The molecule has 0 aliphatic rings. The van der Waals surface area contributed by atoms with Crippen molar-refractivity contribution in [3.63, 3.8) is 0 Å². The molecule has 0 aliphatic heterocycles. The molecule has 0 fully saturated rings. The third-order valence-electron chi connectivity index (χ3n) is 4.35. The number of carbonyl (C=O) groups is 1. The molecular formula is C22H14ClN3O4. The van der Waals surface area contributed by atoms with Crippen molar-refractivity contribution in [2.45, 2.75) is 0 Å². The van der Waals surface area contributed by atoms with Gasteiger partial charge in [-0.05, 0) is 42.5 Å². The zero-order valence-electron chi connectivity index (χ0n) is 15.4. The molecule has 4 rings (SSSR count). The Labute approximate surface area is 176 Å². The van der Waals surface area contributed by atoms with Crippen LogP contribution in [-0.2, 0) is 0 Å². The van der Waals surface area contributed by atoms with E-state index in [9.17, 15) is 14.9 Å². The molecule has 7 nitrogen and oxygen atoms in total. The van der Waals surface area contributed by atoms with E-state index in [2.05, 4.69) is 10.3 Å². The fourth-order valence-electron chi connectivity index (χ4n) is 2.91. The Morgan fingerprint density at radius 2 is 1.80 bits per heavy atom. The average molecular weight is 420 g/mol. The maximum absolute atomic E-state index is 12.8. The summed E-state index contributed by atoms with van der Waals surface area (Å²) in [6.45, 7) is 0. The van der Waals surface area contributed by atoms with Crippen LogP contribution in [0.25, 0.3) is 22.8 Å². The van der Waals surface area contributed by atoms with Gasteiger partial charge in [0.25, 0.3) is 11.6 Å². The van der Waals surface area contributed by atoms with Crippen molar-refractivity contribution >= 4 is 28.9 Å². The lowest BCUT2D eigenvalue weighted by molar-refractivity contribution is -0.384. The number of nitrogens with one attached hydrogen (secondary N) is 1. The first-order chi connectivity index (χ1) is 14.5. The molecule has 4 aromatic rings. The van der Waals surface area contributed by atoms with Crippen LogP contribution in [0.4, 0.5) is 11.4 Å². The zero-order valence-corrected chi connectivity index (χ0v) is 16.2. The van der Waals surface area contributed by atoms with Gasteiger partial charge in [0.2, 0.25) is 5.89 Å². The summed E-state index contributed by atoms with van der Waals surface area (Å²) in [6.07, 6.45) is 1.58. The maximum atomic E-state index is 12.8. The molecule has 0 bridgehead atoms. The quantitative estimate of drug-likeness (QED) is 0.324. The van der Waals surface area contributed by atoms with Gasteiger partial charge in [0.05, 0.1) is 16.7 Å². The van der Waals surface area contributed by atoms with Crippen LogP contribution in [-0.4, -0.2) is 15.8 Å². The number of rotatable bonds is 5. The number of benzene rings is 3. The summed E-state index contributed by atoms with van der Waals surface area (Å²) in [7, 11) is 0. The average Bonchev–Trinajstić information content (AvgIpc) is 3.24. The molecule has 0 saturated carbocycles. The number of halogens is 1. The molecule has 1 heterocycles. The van der Waals surface area contributed by atoms with Crippen molar-refractivity contribution in [1.29, 1.82) is 0 Å². The lowest BCUT2D eigenvalue weighted by Gasteiger charge is -2.08. The molecule has 0 spiro atoms. The molecule has 3 aromatic carbocycles. The number of oxazole rings is 1. The number of amides is 1. The van der Waals surface area contributed by atoms with Crippen LogP contribution in [0.1, 0.15) is 10.4 Å². The van der Waals surface area contributed by atoms with Gasteiger partial charge < -0.3 is 9.73 Å². The van der Waals surface area contributed by atoms with Gasteiger partial charge in [0.15, 0.2) is 5.76 Å². The van der Waals surface area contributed by atoms with Gasteiger partial charge in [-0.15, -0.1) is 0 Å². The smallest absolute Gasteiger partial charge is 0.271 e. The second-order valence-corrected chi connectivity index (χ2v) is 6.78. The van der Waals surface area contributed by atoms with Crippen molar-refractivity contribution in [1.82, 2.24) is 4.98 Å². The number of hydrogen-bond donors (Lipinski definition) is 1. The minimum atomic E-state index is -0.519. The van der Waals surface area contributed by atoms with Crippen LogP contribution in [0.3, 0.4) is 0 Å². The first kappa shape index (κ1) is 19.4. The largest absolute Gasteiger partial charge is 0.436 e. The van der Waals surface area contributed by atoms with Crippen LogP contribution in [0.2, 0.25) is 5.02 Å². The molecule has 0 atom stereocenters. The Morgan fingerprint density at radius 3 is 2.57 bits per heavy atom. The second kappa shape index (κ2) is 8.18. The summed E-state index contributed by atoms with van der Waals surface area (Å²) < 4.78 is 5.86. The van der Waals surface area contributed by atoms with E-state index in [-0.39, 0.29) is 11.6 Å². The number of non-ortho nitro benzene ring substituents is 1. The van der Waals surface area contributed by atoms with E-state index in [1.165, 1.54) is 18.2 Å². The molecule has 0 radical (unpaired) electrons. The van der Waals surface area contributed by atoms with Crippen LogP contribution < -0.4 is 5.32 Å². The van der Waals surface area contributed by atoms with E-state index in [0.717, 1.165) is 5.56 Å². The van der Waals surface area contributed by atoms with Crippen LogP contribution in [0, 0.1) is 10.1 Å². The Hall–Kier alpha value is -3.97. The summed E-state index contributed by atoms with van der Waals surface area (Å²) in [6, 6.07) is 19.7. The third kappa shape index (κ3) is 4.06. The van der Waals surface area contributed by atoms with E-state index < -0.39 is 10.8 Å². The Balaban J connectivity index is 1.63. The second-order valence-electron chi connectivity index (χ2n) is 6.34. The standard InChI is InChI=1S/C22H14ClN3O4/c23-15-10-8-14(9-11-15)20-13-24-22(30-20)19-7-2-1-6-18(19)21(27)25-16-4-3-5-17(12-16)26(28)29/h1-13H,(H,25,27). The topological polar surface area (TPSA) is 98.3 Å². The first-order valence-electron chi connectivity index (χ1n) is 8.88. The van der Waals surface area contributed by atoms with Crippen LogP contribution in [0.15, 0.2) is 83.4 Å². The SMILES string of the molecule is O=C(Nc1cccc([N+](=O)[O-])c1)c1ccccc1-c1ncc(-c2ccc(Cl)cc2)o1. The monoisotopic (exact) mass is 419 g/mol. The molecule has 0 unspecified atom stereocenters. The highest BCUT2D eigenvalue weighted by atomic mass is 35.5. The molecule has 8 heteroatoms. The summed E-state index contributed by atoms with van der Waals surface area (Å²) in [5, 5.41) is 14.2. The minimum Gasteiger partial charge on any atom is -0.436 e. The lowest BCUT2D eigenvalue weighted by Crippen LogP contribution is -2.13. The number of carbonyl (C=O) groups excluding carboxylic acids is 1. The molecular weight excluding hydrogens is 406 g/mol. The number of aromatic nitrogens is 1. The highest BCUT2D eigenvalue weighted by Crippen LogP contribution is 2.29. The summed E-state index contributed by atoms with van der Waals surface area (Å²) in [5.74, 6) is 0.387. The van der Waals surface area contributed by atoms with E-state index in [4.69, 9.17) is 16.0 Å². The molecule has 1 aromatic heterocycles. The Bertz CT molecular complexity index is 1240. The van der Waals surface area contributed by atoms with Gasteiger partial charge in [-0.1, -0.05) is 29.8 Å². The first-order valence-corrected chi connectivity index (χ1v) is 9.26. The molecule has 30 heavy (non-hydrogen) atoms. The van der Waals surface area contributed by atoms with Crippen molar-refractivity contribution in [3.05, 3.63) is 99.7 Å². The van der Waals surface area contributed by atoms with E-state index in [1.807, 2.05) is 12.1 Å². The van der Waals surface area contributed by atoms with Gasteiger partial charge in [0, 0.05) is 34.0 Å². The summed E-state index contributed by atoms with van der Waals surface area (Å²) in [5.41, 5.74) is 1.84. The normalized spacial score (nSPS) is 10.6. The predicted octanol–water partition coefficient (Wildman–Crippen LogP) is 5.82. The number of anilines is 1. The fraction of sp³-hybridized carbons (Fsp3) is 0. The van der Waals surface area contributed by atoms with Gasteiger partial charge in [-0.2, -0.15) is 0 Å². The Kier molecular flexibility index (Phi) is 5.28. The van der Waals surface area contributed by atoms with Gasteiger partial charge >= 0.3 is 0 Å². The van der Waals surface area contributed by atoms with Crippen LogP contribution >= 0.6 is 11.6 Å². The van der Waals surface area contributed by atoms with Crippen molar-refractivity contribution in [2.24, 2.45) is 0 Å². The maximum Gasteiger partial charge on any atom is 0.271 e. The number of nitro benzene ring substituents is 1. The predicted molar refractivity (Wildman–Crippen MR) is 113 cm³/mol. The molecule has 148 valence electrons. The van der Waals surface area contributed by atoms with Crippen LogP contribution in [0.5, 0.6) is 0 Å². The van der Waals surface area contributed by atoms with Gasteiger partial charge in [0.1, 0.15) is 0 Å². The molecule has 1 amide bonds. The lowest BCUT2D eigenvalue weighted by atomic mass is 10.1. The third-order valence-corrected chi connectivity index (χ3v) is 4.60.